The molecule has 2 heterocycles. The fourth-order valence-corrected chi connectivity index (χ4v) is 1.24. The van der Waals surface area contributed by atoms with Crippen LogP contribution < -0.4 is 0 Å². The van der Waals surface area contributed by atoms with Gasteiger partial charge in [-0.3, -0.25) is 0 Å². The van der Waals surface area contributed by atoms with Gasteiger partial charge in [0.15, 0.2) is 0 Å². The van der Waals surface area contributed by atoms with Crippen LogP contribution in [0.2, 0.25) is 5.02 Å². The van der Waals surface area contributed by atoms with Gasteiger partial charge in [-0.15, -0.1) is 0 Å². The maximum absolute atomic E-state index is 5.80. The van der Waals surface area contributed by atoms with Gasteiger partial charge in [-0.1, -0.05) is 25.4 Å². The Morgan fingerprint density at radius 2 is 2.00 bits per heavy atom. The summed E-state index contributed by atoms with van der Waals surface area (Å²) in [5, 5.41) is 0.735. The second kappa shape index (κ2) is 4.28. The van der Waals surface area contributed by atoms with Crippen LogP contribution in [-0.2, 0) is 0 Å². The quantitative estimate of drug-likeness (QED) is 0.632. The van der Waals surface area contributed by atoms with E-state index in [0.717, 1.165) is 16.4 Å². The SMILES string of the molecule is CC.Cc1cnc2ccc(Cl)cn12. The van der Waals surface area contributed by atoms with Crippen LogP contribution in [0.5, 0.6) is 0 Å². The zero-order valence-corrected chi connectivity index (χ0v) is 8.84. The van der Waals surface area contributed by atoms with Gasteiger partial charge >= 0.3 is 0 Å². The molecule has 0 bridgehead atoms. The van der Waals surface area contributed by atoms with Crippen molar-refractivity contribution in [3.63, 3.8) is 0 Å². The van der Waals surface area contributed by atoms with Gasteiger partial charge in [0.2, 0.25) is 0 Å². The molecular formula is C10H13ClN2. The number of fused-ring (bicyclic) bond motifs is 1. The Kier molecular flexibility index (Phi) is 3.32. The van der Waals surface area contributed by atoms with Gasteiger partial charge in [0.05, 0.1) is 5.02 Å². The monoisotopic (exact) mass is 196 g/mol. The number of pyridine rings is 1. The highest BCUT2D eigenvalue weighted by molar-refractivity contribution is 6.30. The lowest BCUT2D eigenvalue weighted by molar-refractivity contribution is 1.11. The molecule has 0 spiro atoms. The molecule has 0 saturated heterocycles. The molecule has 0 atom stereocenters. The van der Waals surface area contributed by atoms with E-state index in [1.165, 1.54) is 0 Å². The summed E-state index contributed by atoms with van der Waals surface area (Å²) in [6.07, 6.45) is 3.69. The van der Waals surface area contributed by atoms with E-state index in [0.29, 0.717) is 0 Å². The van der Waals surface area contributed by atoms with Crippen LogP contribution in [0.15, 0.2) is 24.5 Å². The molecule has 2 rings (SSSR count). The number of hydrogen-bond acceptors (Lipinski definition) is 1. The molecule has 0 fully saturated rings. The van der Waals surface area contributed by atoms with E-state index >= 15 is 0 Å². The average molecular weight is 197 g/mol. The molecule has 0 N–H and O–H groups in total. The number of hydrogen-bond donors (Lipinski definition) is 0. The number of imidazole rings is 1. The van der Waals surface area contributed by atoms with Crippen LogP contribution in [0, 0.1) is 6.92 Å². The third-order valence-electron chi connectivity index (χ3n) is 1.65. The minimum absolute atomic E-state index is 0.735. The average Bonchev–Trinajstić information content (AvgIpc) is 2.52. The highest BCUT2D eigenvalue weighted by Gasteiger charge is 1.97. The Hall–Kier alpha value is -1.02. The molecule has 0 aliphatic rings. The smallest absolute Gasteiger partial charge is 0.136 e. The number of aryl methyl sites for hydroxylation is 1. The van der Waals surface area contributed by atoms with Crippen molar-refractivity contribution in [1.82, 2.24) is 9.38 Å². The summed E-state index contributed by atoms with van der Waals surface area (Å²) in [5.74, 6) is 0. The maximum Gasteiger partial charge on any atom is 0.136 e. The number of halogens is 1. The summed E-state index contributed by atoms with van der Waals surface area (Å²) >= 11 is 5.80. The number of nitrogens with zero attached hydrogens (tertiary/aromatic N) is 2. The first-order valence-corrected chi connectivity index (χ1v) is 4.74. The minimum Gasteiger partial charge on any atom is -0.303 e. The summed E-state index contributed by atoms with van der Waals surface area (Å²) in [6, 6.07) is 3.73. The van der Waals surface area contributed by atoms with Crippen LogP contribution in [-0.4, -0.2) is 9.38 Å². The predicted molar refractivity (Wildman–Crippen MR) is 56.3 cm³/mol. The fraction of sp³-hybridized carbons (Fsp3) is 0.300. The van der Waals surface area contributed by atoms with Gasteiger partial charge in [-0.05, 0) is 19.1 Å². The van der Waals surface area contributed by atoms with Crippen molar-refractivity contribution in [2.75, 3.05) is 0 Å². The molecule has 2 aromatic rings. The van der Waals surface area contributed by atoms with E-state index in [1.54, 1.807) is 0 Å². The Morgan fingerprint density at radius 1 is 1.31 bits per heavy atom. The van der Waals surface area contributed by atoms with E-state index < -0.39 is 0 Å². The van der Waals surface area contributed by atoms with E-state index in [4.69, 9.17) is 11.6 Å². The molecule has 0 saturated carbocycles. The maximum atomic E-state index is 5.80. The highest BCUT2D eigenvalue weighted by atomic mass is 35.5. The first-order chi connectivity index (χ1) is 6.27. The number of rotatable bonds is 0. The normalized spacial score (nSPS) is 9.54. The Morgan fingerprint density at radius 3 is 2.69 bits per heavy atom. The molecule has 2 aromatic heterocycles. The van der Waals surface area contributed by atoms with E-state index in [2.05, 4.69) is 4.98 Å². The fourth-order valence-electron chi connectivity index (χ4n) is 1.08. The Balaban J connectivity index is 0.000000396. The van der Waals surface area contributed by atoms with Crippen molar-refractivity contribution >= 4 is 17.2 Å². The molecule has 2 nitrogen and oxygen atoms in total. The molecule has 0 aliphatic heterocycles. The summed E-state index contributed by atoms with van der Waals surface area (Å²) in [6.45, 7) is 6.00. The zero-order valence-electron chi connectivity index (χ0n) is 8.08. The largest absolute Gasteiger partial charge is 0.303 e. The van der Waals surface area contributed by atoms with Gasteiger partial charge in [-0.2, -0.15) is 0 Å². The molecular weight excluding hydrogens is 184 g/mol. The molecule has 0 radical (unpaired) electrons. The van der Waals surface area contributed by atoms with Crippen molar-refractivity contribution < 1.29 is 0 Å². The third kappa shape index (κ3) is 2.01. The van der Waals surface area contributed by atoms with Crippen LogP contribution in [0.3, 0.4) is 0 Å². The second-order valence-corrected chi connectivity index (χ2v) is 2.91. The van der Waals surface area contributed by atoms with Gasteiger partial charge in [-0.25, -0.2) is 4.98 Å². The van der Waals surface area contributed by atoms with Gasteiger partial charge in [0.25, 0.3) is 0 Å². The van der Waals surface area contributed by atoms with E-state index in [1.807, 2.05) is 49.7 Å². The summed E-state index contributed by atoms with van der Waals surface area (Å²) in [5.41, 5.74) is 2.04. The van der Waals surface area contributed by atoms with Gasteiger partial charge < -0.3 is 4.40 Å². The van der Waals surface area contributed by atoms with Gasteiger partial charge in [0.1, 0.15) is 5.65 Å². The van der Waals surface area contributed by atoms with Crippen molar-refractivity contribution in [1.29, 1.82) is 0 Å². The second-order valence-electron chi connectivity index (χ2n) is 2.48. The Labute approximate surface area is 83.2 Å². The molecule has 70 valence electrons. The molecule has 0 aromatic carbocycles. The van der Waals surface area contributed by atoms with Crippen LogP contribution >= 0.6 is 11.6 Å². The van der Waals surface area contributed by atoms with Crippen molar-refractivity contribution in [2.24, 2.45) is 0 Å². The molecule has 3 heteroatoms. The molecule has 13 heavy (non-hydrogen) atoms. The summed E-state index contributed by atoms with van der Waals surface area (Å²) in [7, 11) is 0. The summed E-state index contributed by atoms with van der Waals surface area (Å²) in [4.78, 5) is 4.16. The predicted octanol–water partition coefficient (Wildman–Crippen LogP) is 3.32. The Bertz CT molecular complexity index is 393. The van der Waals surface area contributed by atoms with Gasteiger partial charge in [0, 0.05) is 18.1 Å². The van der Waals surface area contributed by atoms with Crippen molar-refractivity contribution in [2.45, 2.75) is 20.8 Å². The van der Waals surface area contributed by atoms with Crippen LogP contribution in [0.25, 0.3) is 5.65 Å². The van der Waals surface area contributed by atoms with Crippen molar-refractivity contribution in [3.05, 3.63) is 35.2 Å². The standard InChI is InChI=1S/C8H7ClN2.C2H6/c1-6-4-10-8-3-2-7(9)5-11(6)8;1-2/h2-5H,1H3;1-2H3. The zero-order chi connectivity index (χ0) is 9.84. The lowest BCUT2D eigenvalue weighted by Gasteiger charge is -1.95. The van der Waals surface area contributed by atoms with E-state index in [-0.39, 0.29) is 0 Å². The highest BCUT2D eigenvalue weighted by Crippen LogP contribution is 2.11. The van der Waals surface area contributed by atoms with Crippen LogP contribution in [0.4, 0.5) is 0 Å². The third-order valence-corrected chi connectivity index (χ3v) is 1.88. The molecule has 0 amide bonds. The first kappa shape index (κ1) is 10.1. The molecule has 0 aliphatic carbocycles. The van der Waals surface area contributed by atoms with Crippen LogP contribution in [0.1, 0.15) is 19.5 Å². The minimum atomic E-state index is 0.735. The lowest BCUT2D eigenvalue weighted by atomic mass is 10.4. The topological polar surface area (TPSA) is 17.3 Å². The first-order valence-electron chi connectivity index (χ1n) is 4.36. The molecule has 0 unspecified atom stereocenters. The summed E-state index contributed by atoms with van der Waals surface area (Å²) < 4.78 is 1.96. The lowest BCUT2D eigenvalue weighted by Crippen LogP contribution is -1.85. The van der Waals surface area contributed by atoms with Crippen molar-refractivity contribution in [3.8, 4) is 0 Å². The van der Waals surface area contributed by atoms with E-state index in [9.17, 15) is 0 Å². The number of aromatic nitrogens is 2.